The maximum atomic E-state index is 5.35. The lowest BCUT2D eigenvalue weighted by Crippen LogP contribution is -2.37. The van der Waals surface area contributed by atoms with Gasteiger partial charge in [0, 0.05) is 19.6 Å². The van der Waals surface area contributed by atoms with Crippen molar-refractivity contribution in [2.45, 2.75) is 12.8 Å². The minimum Gasteiger partial charge on any atom is -0.355 e. The predicted molar refractivity (Wildman–Crippen MR) is 73.3 cm³/mol. The van der Waals surface area contributed by atoms with Crippen molar-refractivity contribution in [3.63, 3.8) is 0 Å². The van der Waals surface area contributed by atoms with Crippen LogP contribution < -0.4 is 16.2 Å². The number of nitrogens with one attached hydrogen (secondary N) is 1. The van der Waals surface area contributed by atoms with Crippen LogP contribution in [0, 0.1) is 5.92 Å². The van der Waals surface area contributed by atoms with Crippen LogP contribution in [0.3, 0.4) is 0 Å². The number of aromatic nitrogens is 2. The lowest BCUT2D eigenvalue weighted by atomic mass is 9.96. The molecule has 1 fully saturated rings. The van der Waals surface area contributed by atoms with E-state index in [-0.39, 0.29) is 0 Å². The smallest absolute Gasteiger partial charge is 0.160 e. The maximum absolute atomic E-state index is 5.35. The molecule has 1 aromatic heterocycles. The highest BCUT2D eigenvalue weighted by molar-refractivity contribution is 5.43. The van der Waals surface area contributed by atoms with E-state index in [0.29, 0.717) is 5.82 Å². The quantitative estimate of drug-likeness (QED) is 0.600. The van der Waals surface area contributed by atoms with Crippen molar-refractivity contribution in [3.05, 3.63) is 12.4 Å². The van der Waals surface area contributed by atoms with Crippen LogP contribution in [0.25, 0.3) is 0 Å². The van der Waals surface area contributed by atoms with Gasteiger partial charge in [0.15, 0.2) is 5.82 Å². The summed E-state index contributed by atoms with van der Waals surface area (Å²) < 4.78 is 0. The van der Waals surface area contributed by atoms with Gasteiger partial charge in [-0.15, -0.1) is 0 Å². The summed E-state index contributed by atoms with van der Waals surface area (Å²) in [5, 5.41) is 0. The first kappa shape index (κ1) is 13.0. The largest absolute Gasteiger partial charge is 0.355 e. The fourth-order valence-corrected chi connectivity index (χ4v) is 2.44. The Hall–Kier alpha value is -1.40. The summed E-state index contributed by atoms with van der Waals surface area (Å²) in [4.78, 5) is 13.1. The fraction of sp³-hybridized carbons (Fsp3) is 0.667. The van der Waals surface area contributed by atoms with Crippen LogP contribution in [-0.4, -0.2) is 48.6 Å². The van der Waals surface area contributed by atoms with Crippen LogP contribution in [0.15, 0.2) is 12.4 Å². The molecule has 0 bridgehead atoms. The number of hydrazine groups is 1. The summed E-state index contributed by atoms with van der Waals surface area (Å²) in [6.45, 7) is 3.26. The van der Waals surface area contributed by atoms with Gasteiger partial charge < -0.3 is 15.2 Å². The third kappa shape index (κ3) is 3.30. The van der Waals surface area contributed by atoms with Crippen molar-refractivity contribution < 1.29 is 0 Å². The van der Waals surface area contributed by atoms with Crippen molar-refractivity contribution in [3.8, 4) is 0 Å². The van der Waals surface area contributed by atoms with Crippen molar-refractivity contribution >= 4 is 11.6 Å². The summed E-state index contributed by atoms with van der Waals surface area (Å²) in [6.07, 6.45) is 5.84. The van der Waals surface area contributed by atoms with Gasteiger partial charge in [-0.05, 0) is 32.9 Å². The molecule has 6 nitrogen and oxygen atoms in total. The van der Waals surface area contributed by atoms with Crippen LogP contribution in [0.2, 0.25) is 0 Å². The molecule has 1 aliphatic rings. The second-order valence-electron chi connectivity index (χ2n) is 5.10. The Morgan fingerprint density at radius 3 is 2.72 bits per heavy atom. The molecule has 1 aliphatic heterocycles. The Labute approximate surface area is 108 Å². The van der Waals surface area contributed by atoms with E-state index in [2.05, 4.69) is 39.3 Å². The van der Waals surface area contributed by atoms with Gasteiger partial charge in [-0.2, -0.15) is 0 Å². The van der Waals surface area contributed by atoms with Crippen LogP contribution in [0.4, 0.5) is 11.6 Å². The topological polar surface area (TPSA) is 70.3 Å². The fourth-order valence-electron chi connectivity index (χ4n) is 2.44. The predicted octanol–water partition coefficient (Wildman–Crippen LogP) is 0.540. The average molecular weight is 250 g/mol. The minimum absolute atomic E-state index is 0.614. The molecule has 0 spiro atoms. The van der Waals surface area contributed by atoms with E-state index < -0.39 is 0 Å². The summed E-state index contributed by atoms with van der Waals surface area (Å²) in [5.74, 6) is 7.66. The summed E-state index contributed by atoms with van der Waals surface area (Å²) in [6, 6.07) is 0. The zero-order valence-electron chi connectivity index (χ0n) is 11.1. The van der Waals surface area contributed by atoms with E-state index in [1.165, 1.54) is 19.4 Å². The molecule has 0 aliphatic carbocycles. The first-order chi connectivity index (χ1) is 8.69. The van der Waals surface area contributed by atoms with E-state index >= 15 is 0 Å². The Balaban J connectivity index is 1.92. The molecule has 0 radical (unpaired) electrons. The molecule has 3 N–H and O–H groups in total. The zero-order chi connectivity index (χ0) is 13.0. The number of nitrogens with zero attached hydrogens (tertiary/aromatic N) is 4. The van der Waals surface area contributed by atoms with Gasteiger partial charge in [-0.3, -0.25) is 4.98 Å². The van der Waals surface area contributed by atoms with E-state index in [1.54, 1.807) is 12.4 Å². The van der Waals surface area contributed by atoms with Gasteiger partial charge in [0.25, 0.3) is 0 Å². The van der Waals surface area contributed by atoms with Gasteiger partial charge in [-0.25, -0.2) is 10.8 Å². The summed E-state index contributed by atoms with van der Waals surface area (Å²) in [7, 11) is 4.27. The molecule has 0 amide bonds. The van der Waals surface area contributed by atoms with E-state index in [9.17, 15) is 0 Å². The molecule has 2 rings (SSSR count). The molecule has 100 valence electrons. The maximum Gasteiger partial charge on any atom is 0.160 e. The van der Waals surface area contributed by atoms with Crippen LogP contribution >= 0.6 is 0 Å². The van der Waals surface area contributed by atoms with E-state index in [1.807, 2.05) is 0 Å². The number of nitrogens with two attached hydrogens (primary N) is 1. The summed E-state index contributed by atoms with van der Waals surface area (Å²) >= 11 is 0. The van der Waals surface area contributed by atoms with Crippen molar-refractivity contribution in [2.75, 3.05) is 44.1 Å². The van der Waals surface area contributed by atoms with Gasteiger partial charge in [0.1, 0.15) is 5.82 Å². The molecule has 1 aromatic rings. The highest BCUT2D eigenvalue weighted by atomic mass is 15.3. The van der Waals surface area contributed by atoms with Crippen LogP contribution in [0.1, 0.15) is 12.8 Å². The van der Waals surface area contributed by atoms with Gasteiger partial charge in [0.2, 0.25) is 0 Å². The number of nitrogen functional groups attached to an aromatic ring is 1. The highest BCUT2D eigenvalue weighted by Gasteiger charge is 2.20. The van der Waals surface area contributed by atoms with Gasteiger partial charge in [0.05, 0.1) is 12.4 Å². The molecule has 1 saturated heterocycles. The van der Waals surface area contributed by atoms with Crippen molar-refractivity contribution in [1.82, 2.24) is 14.9 Å². The molecule has 0 saturated carbocycles. The van der Waals surface area contributed by atoms with Crippen LogP contribution in [-0.2, 0) is 0 Å². The number of hydrogen-bond acceptors (Lipinski definition) is 6. The number of hydrogen-bond donors (Lipinski definition) is 2. The van der Waals surface area contributed by atoms with E-state index in [0.717, 1.165) is 24.8 Å². The Bertz CT molecular complexity index is 373. The lowest BCUT2D eigenvalue weighted by Gasteiger charge is -2.33. The Kier molecular flexibility index (Phi) is 4.33. The Morgan fingerprint density at radius 1 is 1.39 bits per heavy atom. The SMILES string of the molecule is CN(C)CC1CCN(c2cncc(NN)n2)CC1. The number of rotatable bonds is 4. The highest BCUT2D eigenvalue weighted by Crippen LogP contribution is 2.22. The van der Waals surface area contributed by atoms with Crippen molar-refractivity contribution in [1.29, 1.82) is 0 Å². The lowest BCUT2D eigenvalue weighted by molar-refractivity contribution is 0.284. The first-order valence-electron chi connectivity index (χ1n) is 6.37. The molecular formula is C12H22N6. The molecule has 18 heavy (non-hydrogen) atoms. The van der Waals surface area contributed by atoms with Gasteiger partial charge in [-0.1, -0.05) is 0 Å². The molecule has 0 atom stereocenters. The number of anilines is 2. The third-order valence-electron chi connectivity index (χ3n) is 3.33. The Morgan fingerprint density at radius 2 is 2.11 bits per heavy atom. The number of piperidine rings is 1. The second-order valence-corrected chi connectivity index (χ2v) is 5.10. The molecule has 6 heteroatoms. The zero-order valence-corrected chi connectivity index (χ0v) is 11.1. The first-order valence-corrected chi connectivity index (χ1v) is 6.37. The third-order valence-corrected chi connectivity index (χ3v) is 3.33. The van der Waals surface area contributed by atoms with Gasteiger partial charge >= 0.3 is 0 Å². The van der Waals surface area contributed by atoms with Crippen molar-refractivity contribution in [2.24, 2.45) is 11.8 Å². The summed E-state index contributed by atoms with van der Waals surface area (Å²) in [5.41, 5.74) is 2.53. The normalized spacial score (nSPS) is 17.2. The molecule has 0 aromatic carbocycles. The molecule has 0 unspecified atom stereocenters. The minimum atomic E-state index is 0.614. The van der Waals surface area contributed by atoms with E-state index in [4.69, 9.17) is 5.84 Å². The standard InChI is InChI=1S/C12H22N6/c1-17(2)9-10-3-5-18(6-4-10)12-8-14-7-11(15-12)16-13/h7-8,10H,3-6,9,13H2,1-2H3,(H,15,16). The van der Waals surface area contributed by atoms with Crippen LogP contribution in [0.5, 0.6) is 0 Å². The second kappa shape index (κ2) is 5.97. The molecule has 2 heterocycles. The molecular weight excluding hydrogens is 228 g/mol. The average Bonchev–Trinajstić information content (AvgIpc) is 2.39. The monoisotopic (exact) mass is 250 g/mol.